The molecule has 1 fully saturated rings. The molecule has 9 heteroatoms. The molecule has 0 atom stereocenters. The molecular weight excluding hydrogens is 416 g/mol. The molecule has 1 aliphatic rings. The SMILES string of the molecule is COC(=O)c1ccc(N=C2S/C(=C/c3cc(Cl)c(O)c(OC)c3)C(=O)N2C)cc1. The van der Waals surface area contributed by atoms with Crippen LogP contribution in [0.25, 0.3) is 6.08 Å². The van der Waals surface area contributed by atoms with Crippen LogP contribution < -0.4 is 4.74 Å². The number of likely N-dealkylation sites (N-methyl/N-ethyl adjacent to an activating group) is 1. The van der Waals surface area contributed by atoms with Crippen LogP contribution in [-0.4, -0.2) is 48.3 Å². The summed E-state index contributed by atoms with van der Waals surface area (Å²) in [5.41, 5.74) is 1.62. The molecule has 0 saturated carbocycles. The van der Waals surface area contributed by atoms with Crippen LogP contribution in [-0.2, 0) is 9.53 Å². The fourth-order valence-corrected chi connectivity index (χ4v) is 3.74. The maximum atomic E-state index is 12.6. The summed E-state index contributed by atoms with van der Waals surface area (Å²) in [7, 11) is 4.36. The molecule has 1 saturated heterocycles. The van der Waals surface area contributed by atoms with E-state index >= 15 is 0 Å². The number of phenolic OH excluding ortho intramolecular Hbond substituents is 1. The third-order valence-corrected chi connectivity index (χ3v) is 5.43. The molecule has 3 rings (SSSR count). The molecule has 0 aliphatic carbocycles. The highest BCUT2D eigenvalue weighted by Crippen LogP contribution is 2.38. The minimum absolute atomic E-state index is 0.125. The first-order chi connectivity index (χ1) is 13.8. The average molecular weight is 433 g/mol. The number of hydrogen-bond donors (Lipinski definition) is 1. The quantitative estimate of drug-likeness (QED) is 0.578. The maximum absolute atomic E-state index is 12.6. The zero-order chi connectivity index (χ0) is 21.1. The van der Waals surface area contributed by atoms with Crippen molar-refractivity contribution in [2.45, 2.75) is 0 Å². The fraction of sp³-hybridized carbons (Fsp3) is 0.150. The second kappa shape index (κ2) is 8.59. The van der Waals surface area contributed by atoms with E-state index in [0.29, 0.717) is 26.9 Å². The molecule has 2 aromatic carbocycles. The van der Waals surface area contributed by atoms with Crippen molar-refractivity contribution in [3.63, 3.8) is 0 Å². The van der Waals surface area contributed by atoms with Crippen LogP contribution in [0.3, 0.4) is 0 Å². The van der Waals surface area contributed by atoms with E-state index in [1.807, 2.05) is 0 Å². The van der Waals surface area contributed by atoms with Gasteiger partial charge in [0.05, 0.1) is 35.4 Å². The largest absolute Gasteiger partial charge is 0.503 e. The predicted molar refractivity (Wildman–Crippen MR) is 113 cm³/mol. The number of hydrogen-bond acceptors (Lipinski definition) is 7. The number of thioether (sulfide) groups is 1. The molecule has 1 heterocycles. The zero-order valence-electron chi connectivity index (χ0n) is 15.8. The number of aliphatic imine (C=N–C) groups is 1. The van der Waals surface area contributed by atoms with Crippen LogP contribution in [0.2, 0.25) is 5.02 Å². The van der Waals surface area contributed by atoms with Gasteiger partial charge in [-0.1, -0.05) is 11.6 Å². The number of methoxy groups -OCH3 is 2. The first-order valence-corrected chi connectivity index (χ1v) is 9.54. The number of esters is 1. The highest BCUT2D eigenvalue weighted by Gasteiger charge is 2.30. The Kier molecular flexibility index (Phi) is 6.14. The average Bonchev–Trinajstić information content (AvgIpc) is 2.98. The number of halogens is 1. The highest BCUT2D eigenvalue weighted by atomic mass is 35.5. The molecular formula is C20H17ClN2O5S. The Morgan fingerprint density at radius 1 is 1.24 bits per heavy atom. The molecule has 0 unspecified atom stereocenters. The van der Waals surface area contributed by atoms with Gasteiger partial charge in [0.1, 0.15) is 0 Å². The summed E-state index contributed by atoms with van der Waals surface area (Å²) in [6.07, 6.45) is 1.65. The van der Waals surface area contributed by atoms with Gasteiger partial charge in [-0.2, -0.15) is 0 Å². The lowest BCUT2D eigenvalue weighted by atomic mass is 10.2. The third-order valence-electron chi connectivity index (χ3n) is 4.09. The third kappa shape index (κ3) is 4.38. The Labute approximate surface area is 176 Å². The van der Waals surface area contributed by atoms with Gasteiger partial charge in [0.15, 0.2) is 16.7 Å². The molecule has 0 spiro atoms. The summed E-state index contributed by atoms with van der Waals surface area (Å²) in [4.78, 5) is 30.4. The number of phenols is 1. The molecule has 0 bridgehead atoms. The van der Waals surface area contributed by atoms with Crippen molar-refractivity contribution >= 4 is 52.2 Å². The van der Waals surface area contributed by atoms with Crippen LogP contribution in [0.1, 0.15) is 15.9 Å². The van der Waals surface area contributed by atoms with E-state index in [1.54, 1.807) is 49.5 Å². The molecule has 0 aromatic heterocycles. The summed E-state index contributed by atoms with van der Waals surface area (Å²) in [5.74, 6) is -0.590. The van der Waals surface area contributed by atoms with Crippen molar-refractivity contribution < 1.29 is 24.2 Å². The highest BCUT2D eigenvalue weighted by molar-refractivity contribution is 8.18. The van der Waals surface area contributed by atoms with Gasteiger partial charge in [-0.05, 0) is 59.8 Å². The smallest absolute Gasteiger partial charge is 0.337 e. The van der Waals surface area contributed by atoms with E-state index in [0.717, 1.165) is 0 Å². The first-order valence-electron chi connectivity index (χ1n) is 8.35. The standard InChI is InChI=1S/C20H17ClN2O5S/c1-23-18(25)16(10-11-8-14(21)17(24)15(9-11)27-2)29-20(23)22-13-6-4-12(5-7-13)19(26)28-3/h4-10,24H,1-3H3/b16-10+,22-20?. The lowest BCUT2D eigenvalue weighted by Gasteiger charge is -2.07. The van der Waals surface area contributed by atoms with Crippen molar-refractivity contribution in [3.05, 3.63) is 57.5 Å². The Morgan fingerprint density at radius 2 is 1.93 bits per heavy atom. The maximum Gasteiger partial charge on any atom is 0.337 e. The van der Waals surface area contributed by atoms with Crippen molar-refractivity contribution in [2.24, 2.45) is 4.99 Å². The van der Waals surface area contributed by atoms with E-state index in [-0.39, 0.29) is 22.4 Å². The first kappa shape index (κ1) is 20.8. The van der Waals surface area contributed by atoms with E-state index in [4.69, 9.17) is 16.3 Å². The zero-order valence-corrected chi connectivity index (χ0v) is 17.4. The van der Waals surface area contributed by atoms with E-state index in [2.05, 4.69) is 9.73 Å². The lowest BCUT2D eigenvalue weighted by molar-refractivity contribution is -0.121. The number of rotatable bonds is 4. The Hall–Kier alpha value is -2.97. The number of nitrogens with zero attached hydrogens (tertiary/aromatic N) is 2. The second-order valence-corrected chi connectivity index (χ2v) is 7.38. The second-order valence-electron chi connectivity index (χ2n) is 5.96. The van der Waals surface area contributed by atoms with Crippen LogP contribution in [0.15, 0.2) is 46.3 Å². The molecule has 7 nitrogen and oxygen atoms in total. The number of ether oxygens (including phenoxy) is 2. The topological polar surface area (TPSA) is 88.4 Å². The predicted octanol–water partition coefficient (Wildman–Crippen LogP) is 4.07. The van der Waals surface area contributed by atoms with E-state index < -0.39 is 5.97 Å². The number of carbonyl (C=O) groups is 2. The van der Waals surface area contributed by atoms with Gasteiger partial charge >= 0.3 is 5.97 Å². The monoisotopic (exact) mass is 432 g/mol. The Balaban J connectivity index is 1.88. The van der Waals surface area contributed by atoms with Gasteiger partial charge in [0, 0.05) is 7.05 Å². The van der Waals surface area contributed by atoms with Crippen molar-refractivity contribution in [1.29, 1.82) is 0 Å². The van der Waals surface area contributed by atoms with E-state index in [9.17, 15) is 14.7 Å². The normalized spacial score (nSPS) is 16.6. The lowest BCUT2D eigenvalue weighted by Crippen LogP contribution is -2.23. The molecule has 0 radical (unpaired) electrons. The van der Waals surface area contributed by atoms with Gasteiger partial charge < -0.3 is 14.6 Å². The molecule has 1 aliphatic heterocycles. The van der Waals surface area contributed by atoms with Crippen molar-refractivity contribution in [1.82, 2.24) is 4.90 Å². The van der Waals surface area contributed by atoms with Crippen LogP contribution in [0, 0.1) is 0 Å². The minimum Gasteiger partial charge on any atom is -0.503 e. The van der Waals surface area contributed by atoms with Crippen LogP contribution >= 0.6 is 23.4 Å². The summed E-state index contributed by atoms with van der Waals surface area (Å²) in [6.45, 7) is 0. The summed E-state index contributed by atoms with van der Waals surface area (Å²) < 4.78 is 9.76. The van der Waals surface area contributed by atoms with Gasteiger partial charge in [-0.15, -0.1) is 0 Å². The number of amides is 1. The molecule has 1 N–H and O–H groups in total. The number of carbonyl (C=O) groups excluding carboxylic acids is 2. The Morgan fingerprint density at radius 3 is 2.55 bits per heavy atom. The van der Waals surface area contributed by atoms with Crippen LogP contribution in [0.4, 0.5) is 5.69 Å². The summed E-state index contributed by atoms with van der Waals surface area (Å²) in [6, 6.07) is 9.68. The van der Waals surface area contributed by atoms with Crippen molar-refractivity contribution in [3.8, 4) is 11.5 Å². The number of aromatic hydroxyl groups is 1. The molecule has 1 amide bonds. The summed E-state index contributed by atoms with van der Waals surface area (Å²) >= 11 is 7.22. The summed E-state index contributed by atoms with van der Waals surface area (Å²) in [5, 5.41) is 10.5. The number of amidine groups is 1. The van der Waals surface area contributed by atoms with Gasteiger partial charge in [-0.25, -0.2) is 9.79 Å². The van der Waals surface area contributed by atoms with Crippen molar-refractivity contribution in [2.75, 3.05) is 21.3 Å². The van der Waals surface area contributed by atoms with Crippen LogP contribution in [0.5, 0.6) is 11.5 Å². The molecule has 2 aromatic rings. The van der Waals surface area contributed by atoms with Gasteiger partial charge in [-0.3, -0.25) is 9.69 Å². The Bertz CT molecular complexity index is 1030. The minimum atomic E-state index is -0.431. The fourth-order valence-electron chi connectivity index (χ4n) is 2.54. The van der Waals surface area contributed by atoms with Gasteiger partial charge in [0.2, 0.25) is 0 Å². The molecule has 150 valence electrons. The number of benzene rings is 2. The molecule has 29 heavy (non-hydrogen) atoms. The van der Waals surface area contributed by atoms with E-state index in [1.165, 1.54) is 30.9 Å². The van der Waals surface area contributed by atoms with Gasteiger partial charge in [0.25, 0.3) is 5.91 Å².